The second-order valence-corrected chi connectivity index (χ2v) is 6.17. The zero-order valence-electron chi connectivity index (χ0n) is 9.47. The molecule has 1 amide bonds. The van der Waals surface area contributed by atoms with Crippen LogP contribution in [-0.4, -0.2) is 39.6 Å². The van der Waals surface area contributed by atoms with Crippen LogP contribution in [0.25, 0.3) is 0 Å². The molecule has 0 aromatic carbocycles. The van der Waals surface area contributed by atoms with Gasteiger partial charge in [-0.05, 0) is 13.3 Å². The smallest absolute Gasteiger partial charge is 0.222 e. The van der Waals surface area contributed by atoms with E-state index in [0.29, 0.717) is 19.4 Å². The van der Waals surface area contributed by atoms with Crippen molar-refractivity contribution in [2.75, 3.05) is 19.3 Å². The molecule has 1 unspecified atom stereocenters. The molecule has 0 aromatic heterocycles. The van der Waals surface area contributed by atoms with Crippen molar-refractivity contribution in [3.05, 3.63) is 0 Å². The van der Waals surface area contributed by atoms with Gasteiger partial charge in [-0.15, -0.1) is 11.8 Å². The molecule has 0 spiro atoms. The van der Waals surface area contributed by atoms with Gasteiger partial charge in [0.15, 0.2) is 0 Å². The fourth-order valence-corrected chi connectivity index (χ4v) is 1.84. The number of thiocarbonyl (C=S) groups is 1. The number of thioether (sulfide) groups is 1. The molecule has 0 aliphatic heterocycles. The summed E-state index contributed by atoms with van der Waals surface area (Å²) in [4.78, 5) is 13.3. The minimum absolute atomic E-state index is 0.0421. The fraction of sp³-hybridized carbons (Fsp3) is 0.700. The minimum Gasteiger partial charge on any atom is -0.345 e. The number of carbonyl (C=O) groups excluding carboxylic acids is 1. The number of hydrogen-bond acceptors (Lipinski definition) is 5. The normalized spacial score (nSPS) is 13.6. The lowest BCUT2D eigenvalue weighted by Crippen LogP contribution is -2.30. The first kappa shape index (κ1) is 15.8. The number of nitrogens with zero attached hydrogens (tertiary/aromatic N) is 2. The number of nitriles is 1. The molecule has 0 rings (SSSR count). The lowest BCUT2D eigenvalue weighted by molar-refractivity contribution is -0.129. The van der Waals surface area contributed by atoms with Gasteiger partial charge in [-0.25, -0.2) is 0 Å². The Balaban J connectivity index is 3.89. The predicted molar refractivity (Wildman–Crippen MR) is 76.0 cm³/mol. The van der Waals surface area contributed by atoms with Crippen LogP contribution < -0.4 is 0 Å². The molecule has 0 radical (unpaired) electrons. The van der Waals surface area contributed by atoms with Gasteiger partial charge in [-0.3, -0.25) is 4.79 Å². The Bertz CT molecular complexity index is 286. The van der Waals surface area contributed by atoms with Gasteiger partial charge in [0.2, 0.25) is 5.91 Å². The second kappa shape index (κ2) is 7.93. The molecule has 0 aliphatic rings. The zero-order chi connectivity index (χ0) is 12.6. The van der Waals surface area contributed by atoms with Crippen molar-refractivity contribution in [3.8, 4) is 6.07 Å². The molecule has 6 heteroatoms. The summed E-state index contributed by atoms with van der Waals surface area (Å²) in [6, 6.07) is 2.06. The first-order valence-electron chi connectivity index (χ1n) is 4.86. The Labute approximate surface area is 112 Å². The maximum atomic E-state index is 11.6. The highest BCUT2D eigenvalue weighted by molar-refractivity contribution is 8.20. The highest BCUT2D eigenvalue weighted by atomic mass is 32.2. The molecule has 0 bridgehead atoms. The number of amides is 1. The molecule has 3 nitrogen and oxygen atoms in total. The monoisotopic (exact) mass is 276 g/mol. The molecule has 0 saturated heterocycles. The zero-order valence-corrected chi connectivity index (χ0v) is 12.0. The summed E-state index contributed by atoms with van der Waals surface area (Å²) in [7, 11) is 1.76. The average molecular weight is 276 g/mol. The van der Waals surface area contributed by atoms with E-state index in [1.165, 1.54) is 11.8 Å². The van der Waals surface area contributed by atoms with Crippen molar-refractivity contribution in [2.45, 2.75) is 24.5 Å². The van der Waals surface area contributed by atoms with Crippen molar-refractivity contribution in [1.29, 1.82) is 5.26 Å². The van der Waals surface area contributed by atoms with Crippen LogP contribution in [0, 0.1) is 11.3 Å². The third kappa shape index (κ3) is 7.09. The number of hydrogen-bond donors (Lipinski definition) is 1. The summed E-state index contributed by atoms with van der Waals surface area (Å²) in [5.41, 5.74) is 0. The Kier molecular flexibility index (Phi) is 7.81. The van der Waals surface area contributed by atoms with Crippen molar-refractivity contribution in [3.63, 3.8) is 0 Å². The van der Waals surface area contributed by atoms with Crippen LogP contribution in [0.15, 0.2) is 0 Å². The number of rotatable bonds is 7. The van der Waals surface area contributed by atoms with Crippen molar-refractivity contribution in [2.24, 2.45) is 0 Å². The van der Waals surface area contributed by atoms with Gasteiger partial charge in [0.1, 0.15) is 0 Å². The maximum absolute atomic E-state index is 11.6. The van der Waals surface area contributed by atoms with Crippen molar-refractivity contribution < 1.29 is 4.79 Å². The van der Waals surface area contributed by atoms with Crippen LogP contribution in [0.2, 0.25) is 0 Å². The third-order valence-corrected chi connectivity index (χ3v) is 3.39. The van der Waals surface area contributed by atoms with Gasteiger partial charge < -0.3 is 4.90 Å². The second-order valence-electron chi connectivity index (χ2n) is 3.67. The third-order valence-electron chi connectivity index (χ3n) is 2.10. The van der Waals surface area contributed by atoms with E-state index in [-0.39, 0.29) is 5.91 Å². The molecule has 1 atom stereocenters. The van der Waals surface area contributed by atoms with Gasteiger partial charge in [0.05, 0.1) is 10.8 Å². The lowest BCUT2D eigenvalue weighted by atomic mass is 10.1. The summed E-state index contributed by atoms with van der Waals surface area (Å²) in [5.74, 6) is 0.850. The molecular formula is C10H16N2OS3. The van der Waals surface area contributed by atoms with E-state index in [9.17, 15) is 4.79 Å². The Morgan fingerprint density at radius 3 is 2.88 bits per heavy atom. The molecule has 0 fully saturated rings. The van der Waals surface area contributed by atoms with Crippen LogP contribution in [0.5, 0.6) is 0 Å². The van der Waals surface area contributed by atoms with Gasteiger partial charge in [-0.2, -0.15) is 17.9 Å². The van der Waals surface area contributed by atoms with Gasteiger partial charge in [0, 0.05) is 30.5 Å². The summed E-state index contributed by atoms with van der Waals surface area (Å²) in [5, 5.41) is 8.75. The van der Waals surface area contributed by atoms with E-state index < -0.39 is 4.75 Å². The number of carbonyl (C=O) groups is 1. The van der Waals surface area contributed by atoms with E-state index in [0.717, 1.165) is 5.75 Å². The largest absolute Gasteiger partial charge is 0.345 e. The Hall–Kier alpha value is -0.250. The first-order chi connectivity index (χ1) is 7.43. The van der Waals surface area contributed by atoms with Crippen LogP contribution in [-0.2, 0) is 4.79 Å². The minimum atomic E-state index is -0.723. The molecule has 0 N–H and O–H groups in total. The summed E-state index contributed by atoms with van der Waals surface area (Å²) in [6.07, 6.45) is 0.822. The molecule has 0 saturated carbocycles. The molecule has 90 valence electrons. The molecule has 0 aromatic rings. The van der Waals surface area contributed by atoms with Crippen LogP contribution in [0.1, 0.15) is 19.8 Å². The molecule has 0 heterocycles. The Morgan fingerprint density at radius 2 is 2.38 bits per heavy atom. The summed E-state index contributed by atoms with van der Waals surface area (Å²) in [6.45, 7) is 2.39. The topological polar surface area (TPSA) is 44.1 Å². The van der Waals surface area contributed by atoms with Crippen molar-refractivity contribution in [1.82, 2.24) is 4.90 Å². The lowest BCUT2D eigenvalue weighted by Gasteiger charge is -2.19. The van der Waals surface area contributed by atoms with E-state index in [1.807, 2.05) is 0 Å². The van der Waals surface area contributed by atoms with E-state index in [2.05, 4.69) is 30.9 Å². The summed E-state index contributed by atoms with van der Waals surface area (Å²) < 4.78 is 0.873. The van der Waals surface area contributed by atoms with Gasteiger partial charge in [-0.1, -0.05) is 12.2 Å². The van der Waals surface area contributed by atoms with Gasteiger partial charge >= 0.3 is 0 Å². The predicted octanol–water partition coefficient (Wildman–Crippen LogP) is 2.13. The van der Waals surface area contributed by atoms with Gasteiger partial charge in [0.25, 0.3) is 0 Å². The number of thiol groups is 1. The van der Waals surface area contributed by atoms with Crippen LogP contribution >= 0.6 is 36.6 Å². The quantitative estimate of drug-likeness (QED) is 0.439. The van der Waals surface area contributed by atoms with E-state index >= 15 is 0 Å². The molecule has 16 heavy (non-hydrogen) atoms. The molecular weight excluding hydrogens is 260 g/mol. The van der Waals surface area contributed by atoms with E-state index in [1.54, 1.807) is 23.6 Å². The maximum Gasteiger partial charge on any atom is 0.222 e. The Morgan fingerprint density at radius 1 is 1.75 bits per heavy atom. The first-order valence-corrected chi connectivity index (χ1v) is 6.82. The van der Waals surface area contributed by atoms with Crippen molar-refractivity contribution >= 4 is 47.2 Å². The highest BCUT2D eigenvalue weighted by Gasteiger charge is 2.20. The average Bonchev–Trinajstić information content (AvgIpc) is 2.26. The van der Waals surface area contributed by atoms with Crippen LogP contribution in [0.3, 0.4) is 0 Å². The highest BCUT2D eigenvalue weighted by Crippen LogP contribution is 2.19. The molecule has 0 aliphatic carbocycles. The van der Waals surface area contributed by atoms with Crippen LogP contribution in [0.4, 0.5) is 0 Å². The fourth-order valence-electron chi connectivity index (χ4n) is 0.960. The standard InChI is InChI=1S/C10H16N2OS3/c1-10(15,7-11)4-3-9(13)12(2)5-6-16-8-14/h8,15H,3-6H2,1-2H3. The SMILES string of the molecule is CN(CCSC=S)C(=O)CCC(C)(S)C#N. The summed E-state index contributed by atoms with van der Waals surface area (Å²) >= 11 is 10.3. The van der Waals surface area contributed by atoms with E-state index in [4.69, 9.17) is 5.26 Å².